The minimum absolute atomic E-state index is 0. The molecule has 0 saturated carbocycles. The Morgan fingerprint density at radius 2 is 1.12 bits per heavy atom. The van der Waals surface area contributed by atoms with E-state index in [0.29, 0.717) is 6.42 Å². The van der Waals surface area contributed by atoms with Crippen LogP contribution in [-0.2, 0) is 10.1 Å². The smallest absolute Gasteiger partial charge is 0.748 e. The number of unbranched alkanes of at least 4 members (excludes halogenated alkanes) is 11. The number of hydrogen-bond donors (Lipinski definition) is 1. The molecular weight excluding hydrogens is 351 g/mol. The second-order valence-electron chi connectivity index (χ2n) is 6.74. The summed E-state index contributed by atoms with van der Waals surface area (Å²) in [5, 5.41) is 9.71. The SMILES string of the molecule is CCCCCCCCCCCCCCC(O)CCCS(=O)(=O)[O-].[K+]. The Balaban J connectivity index is 0. The molecule has 0 amide bonds. The molecule has 0 spiro atoms. The van der Waals surface area contributed by atoms with Crippen molar-refractivity contribution in [2.24, 2.45) is 0 Å². The fraction of sp³-hybridized carbons (Fsp3) is 1.00. The standard InChI is InChI=1S/C18H38O4S.K/c1-2-3-4-5-6-7-8-9-10-11-12-13-15-18(19)16-14-17-23(20,21)22;/h18-19H,2-17H2,1H3,(H,20,21,22);/q;+1/p-1. The van der Waals surface area contributed by atoms with Crippen LogP contribution in [0.2, 0.25) is 0 Å². The van der Waals surface area contributed by atoms with Crippen molar-refractivity contribution in [2.75, 3.05) is 5.75 Å². The number of aliphatic hydroxyl groups is 1. The fourth-order valence-electron chi connectivity index (χ4n) is 2.86. The van der Waals surface area contributed by atoms with E-state index in [1.54, 1.807) is 0 Å². The van der Waals surface area contributed by atoms with E-state index in [9.17, 15) is 18.1 Å². The summed E-state index contributed by atoms with van der Waals surface area (Å²) in [6.07, 6.45) is 16.4. The third-order valence-electron chi connectivity index (χ3n) is 4.32. The van der Waals surface area contributed by atoms with Crippen LogP contribution in [0.15, 0.2) is 0 Å². The molecule has 1 N–H and O–H groups in total. The van der Waals surface area contributed by atoms with Crippen LogP contribution in [0.4, 0.5) is 0 Å². The molecule has 0 heterocycles. The Labute approximate surface area is 192 Å². The Morgan fingerprint density at radius 3 is 1.54 bits per heavy atom. The predicted octanol–water partition coefficient (Wildman–Crippen LogP) is 1.77. The summed E-state index contributed by atoms with van der Waals surface area (Å²) in [5.74, 6) is -0.359. The van der Waals surface area contributed by atoms with Gasteiger partial charge in [-0.05, 0) is 19.3 Å². The molecule has 0 radical (unpaired) electrons. The van der Waals surface area contributed by atoms with Crippen molar-refractivity contribution < 1.29 is 69.5 Å². The molecule has 1 unspecified atom stereocenters. The molecule has 0 bridgehead atoms. The van der Waals surface area contributed by atoms with Crippen LogP contribution in [0.5, 0.6) is 0 Å². The van der Waals surface area contributed by atoms with Crippen molar-refractivity contribution in [1.29, 1.82) is 0 Å². The molecule has 0 saturated heterocycles. The summed E-state index contributed by atoms with van der Waals surface area (Å²) >= 11 is 0. The molecule has 4 nitrogen and oxygen atoms in total. The third-order valence-corrected chi connectivity index (χ3v) is 5.11. The van der Waals surface area contributed by atoms with Crippen LogP contribution < -0.4 is 51.4 Å². The van der Waals surface area contributed by atoms with Crippen LogP contribution in [0.1, 0.15) is 103 Å². The van der Waals surface area contributed by atoms with Gasteiger partial charge in [0.25, 0.3) is 0 Å². The van der Waals surface area contributed by atoms with Crippen molar-refractivity contribution >= 4 is 10.1 Å². The molecule has 1 atom stereocenters. The number of hydrogen-bond acceptors (Lipinski definition) is 4. The van der Waals surface area contributed by atoms with Crippen LogP contribution in [-0.4, -0.2) is 29.9 Å². The van der Waals surface area contributed by atoms with Gasteiger partial charge in [-0.3, -0.25) is 0 Å². The molecule has 0 fully saturated rings. The number of rotatable bonds is 17. The molecular formula is C18H37KO4S. The van der Waals surface area contributed by atoms with Gasteiger partial charge >= 0.3 is 51.4 Å². The van der Waals surface area contributed by atoms with Gasteiger partial charge in [0.1, 0.15) is 0 Å². The molecule has 0 aromatic rings. The molecule has 0 aliphatic rings. The molecule has 0 aliphatic carbocycles. The van der Waals surface area contributed by atoms with Gasteiger partial charge in [0.2, 0.25) is 0 Å². The zero-order chi connectivity index (χ0) is 17.4. The largest absolute Gasteiger partial charge is 1.00 e. The van der Waals surface area contributed by atoms with E-state index in [4.69, 9.17) is 0 Å². The van der Waals surface area contributed by atoms with Gasteiger partial charge in [0.05, 0.1) is 16.2 Å². The quantitative estimate of drug-likeness (QED) is 0.234. The Hall–Kier alpha value is 1.51. The van der Waals surface area contributed by atoms with Gasteiger partial charge < -0.3 is 9.66 Å². The van der Waals surface area contributed by atoms with Gasteiger partial charge in [-0.25, -0.2) is 8.42 Å². The zero-order valence-corrected chi connectivity index (χ0v) is 19.9. The summed E-state index contributed by atoms with van der Waals surface area (Å²) in [4.78, 5) is 0. The van der Waals surface area contributed by atoms with Crippen molar-refractivity contribution in [3.05, 3.63) is 0 Å². The molecule has 0 aromatic heterocycles. The number of aliphatic hydroxyl groups excluding tert-OH is 1. The Kier molecular flexibility index (Phi) is 22.3. The van der Waals surface area contributed by atoms with E-state index < -0.39 is 16.2 Å². The van der Waals surface area contributed by atoms with Crippen molar-refractivity contribution in [2.45, 2.75) is 109 Å². The van der Waals surface area contributed by atoms with Gasteiger partial charge in [0, 0.05) is 5.75 Å². The molecule has 0 rings (SSSR count). The van der Waals surface area contributed by atoms with Gasteiger partial charge in [-0.2, -0.15) is 0 Å². The molecule has 0 aromatic carbocycles. The third kappa shape index (κ3) is 23.5. The first kappa shape index (κ1) is 27.7. The first-order chi connectivity index (χ1) is 11.0. The minimum atomic E-state index is -4.13. The van der Waals surface area contributed by atoms with Gasteiger partial charge in [0.15, 0.2) is 0 Å². The van der Waals surface area contributed by atoms with Crippen molar-refractivity contribution in [1.82, 2.24) is 0 Å². The van der Waals surface area contributed by atoms with Crippen LogP contribution in [0.3, 0.4) is 0 Å². The predicted molar refractivity (Wildman–Crippen MR) is 95.5 cm³/mol. The van der Waals surface area contributed by atoms with Crippen LogP contribution in [0, 0.1) is 0 Å². The Morgan fingerprint density at radius 1 is 0.750 bits per heavy atom. The summed E-state index contributed by atoms with van der Waals surface area (Å²) < 4.78 is 31.3. The maximum Gasteiger partial charge on any atom is 1.00 e. The van der Waals surface area contributed by atoms with Crippen LogP contribution >= 0.6 is 0 Å². The second kappa shape index (κ2) is 19.3. The summed E-state index contributed by atoms with van der Waals surface area (Å²) in [6.45, 7) is 2.25. The van der Waals surface area contributed by atoms with E-state index in [2.05, 4.69) is 6.92 Å². The minimum Gasteiger partial charge on any atom is -0.748 e. The van der Waals surface area contributed by atoms with Crippen LogP contribution in [0.25, 0.3) is 0 Å². The summed E-state index contributed by atoms with van der Waals surface area (Å²) in [7, 11) is -4.13. The van der Waals surface area contributed by atoms with E-state index in [-0.39, 0.29) is 63.6 Å². The first-order valence-electron chi connectivity index (χ1n) is 9.57. The van der Waals surface area contributed by atoms with Crippen molar-refractivity contribution in [3.63, 3.8) is 0 Å². The molecule has 6 heteroatoms. The normalized spacial score (nSPS) is 12.8. The van der Waals surface area contributed by atoms with Crippen molar-refractivity contribution in [3.8, 4) is 0 Å². The van der Waals surface area contributed by atoms with E-state index in [0.717, 1.165) is 19.3 Å². The Bertz CT molecular complexity index is 347. The monoisotopic (exact) mass is 388 g/mol. The van der Waals surface area contributed by atoms with E-state index >= 15 is 0 Å². The molecule has 24 heavy (non-hydrogen) atoms. The van der Waals surface area contributed by atoms with Gasteiger partial charge in [-0.1, -0.05) is 84.0 Å². The first-order valence-corrected chi connectivity index (χ1v) is 11.1. The summed E-state index contributed by atoms with van der Waals surface area (Å²) in [5.41, 5.74) is 0. The topological polar surface area (TPSA) is 77.4 Å². The maximum absolute atomic E-state index is 10.4. The summed E-state index contributed by atoms with van der Waals surface area (Å²) in [6, 6.07) is 0. The maximum atomic E-state index is 10.4. The average molecular weight is 389 g/mol. The fourth-order valence-corrected chi connectivity index (χ4v) is 3.38. The van der Waals surface area contributed by atoms with E-state index in [1.807, 2.05) is 0 Å². The zero-order valence-electron chi connectivity index (χ0n) is 16.0. The van der Waals surface area contributed by atoms with Gasteiger partial charge in [-0.15, -0.1) is 0 Å². The molecule has 140 valence electrons. The second-order valence-corrected chi connectivity index (χ2v) is 8.26. The van der Waals surface area contributed by atoms with E-state index in [1.165, 1.54) is 64.2 Å². The molecule has 0 aliphatic heterocycles. The average Bonchev–Trinajstić information content (AvgIpc) is 2.47.